The minimum atomic E-state index is -3.40. The van der Waals surface area contributed by atoms with E-state index in [1.165, 1.54) is 0 Å². The number of hydrogen-bond donors (Lipinski definition) is 2. The monoisotopic (exact) mass is 182 g/mol. The molecule has 0 unspecified atom stereocenters. The first-order chi connectivity index (χ1) is 5.06. The van der Waals surface area contributed by atoms with E-state index in [-0.39, 0.29) is 13.2 Å². The number of hydrogen-bond acceptors (Lipinski definition) is 4. The molecule has 0 bridgehead atoms. The number of primary amides is 1. The molecule has 0 atom stereocenters. The van der Waals surface area contributed by atoms with Gasteiger partial charge in [-0.2, -0.15) is 13.9 Å². The summed E-state index contributed by atoms with van der Waals surface area (Å²) in [6.45, 7) is 3.69. The first kappa shape index (κ1) is 10.8. The molecule has 0 heterocycles. The number of rotatable bonds is 5. The summed E-state index contributed by atoms with van der Waals surface area (Å²) in [5.74, 6) is 0. The lowest BCUT2D eigenvalue weighted by molar-refractivity contribution is 0.186. The van der Waals surface area contributed by atoms with Crippen LogP contribution in [0.15, 0.2) is 0 Å². The SMILES string of the molecule is CCO[P+](O)(OCC)C(N)=O. The van der Waals surface area contributed by atoms with Gasteiger partial charge in [-0.25, -0.2) is 4.79 Å². The van der Waals surface area contributed by atoms with Gasteiger partial charge in [0.2, 0.25) is 0 Å². The van der Waals surface area contributed by atoms with E-state index in [9.17, 15) is 9.69 Å². The Bertz CT molecular complexity index is 134. The first-order valence-electron chi connectivity index (χ1n) is 3.27. The summed E-state index contributed by atoms with van der Waals surface area (Å²) in [7, 11) is -3.40. The van der Waals surface area contributed by atoms with Gasteiger partial charge in [-0.1, -0.05) is 0 Å². The Hall–Kier alpha value is -0.220. The van der Waals surface area contributed by atoms with Crippen LogP contribution < -0.4 is 5.73 Å². The number of carbonyl (C=O) groups is 1. The second-order valence-electron chi connectivity index (χ2n) is 1.69. The summed E-state index contributed by atoms with van der Waals surface area (Å²) in [4.78, 5) is 19.9. The van der Waals surface area contributed by atoms with E-state index in [0.717, 1.165) is 0 Å². The molecule has 66 valence electrons. The third-order valence-electron chi connectivity index (χ3n) is 0.887. The van der Waals surface area contributed by atoms with E-state index in [0.29, 0.717) is 0 Å². The van der Waals surface area contributed by atoms with Crippen molar-refractivity contribution in [3.05, 3.63) is 0 Å². The predicted molar refractivity (Wildman–Crippen MR) is 42.0 cm³/mol. The standard InChI is InChI=1S/C5H12NO4P/c1-3-9-11(8,5(6)7)10-4-2/h8H,3-4H2,1-2H3,(H-,6,7)/p+1. The number of nitrogens with two attached hydrogens (primary N) is 1. The molecule has 0 spiro atoms. The van der Waals surface area contributed by atoms with Gasteiger partial charge < -0.3 is 5.73 Å². The normalized spacial score (nSPS) is 11.5. The molecule has 0 aliphatic heterocycles. The summed E-state index contributed by atoms with van der Waals surface area (Å²) in [5.41, 5.74) is 3.92. The Morgan fingerprint density at radius 1 is 1.45 bits per heavy atom. The van der Waals surface area contributed by atoms with Crippen LogP contribution in [-0.2, 0) is 9.05 Å². The van der Waals surface area contributed by atoms with Crippen LogP contribution in [0.4, 0.5) is 4.79 Å². The molecule has 0 radical (unpaired) electrons. The van der Waals surface area contributed by atoms with Crippen LogP contribution >= 0.6 is 7.94 Å². The molecule has 0 aliphatic carbocycles. The number of amides is 1. The molecule has 0 saturated heterocycles. The molecule has 0 aromatic rings. The van der Waals surface area contributed by atoms with Gasteiger partial charge >= 0.3 is 13.6 Å². The van der Waals surface area contributed by atoms with Crippen LogP contribution in [0.3, 0.4) is 0 Å². The van der Waals surface area contributed by atoms with Crippen molar-refractivity contribution in [3.63, 3.8) is 0 Å². The molecular weight excluding hydrogens is 169 g/mol. The minimum absolute atomic E-state index is 0.202. The fourth-order valence-electron chi connectivity index (χ4n) is 0.514. The van der Waals surface area contributed by atoms with Gasteiger partial charge in [0.25, 0.3) is 0 Å². The average Bonchev–Trinajstić information content (AvgIpc) is 1.88. The Morgan fingerprint density at radius 3 is 2.00 bits per heavy atom. The molecule has 0 fully saturated rings. The third kappa shape index (κ3) is 3.12. The Balaban J connectivity index is 4.13. The van der Waals surface area contributed by atoms with E-state index in [1.807, 2.05) is 0 Å². The highest BCUT2D eigenvalue weighted by Gasteiger charge is 2.49. The molecule has 0 aromatic heterocycles. The topological polar surface area (TPSA) is 81.8 Å². The van der Waals surface area contributed by atoms with E-state index >= 15 is 0 Å². The van der Waals surface area contributed by atoms with E-state index in [2.05, 4.69) is 0 Å². The van der Waals surface area contributed by atoms with Crippen LogP contribution in [0, 0.1) is 0 Å². The molecule has 0 rings (SSSR count). The van der Waals surface area contributed by atoms with Crippen molar-refractivity contribution >= 4 is 13.6 Å². The van der Waals surface area contributed by atoms with Crippen molar-refractivity contribution in [1.29, 1.82) is 0 Å². The summed E-state index contributed by atoms with van der Waals surface area (Å²) < 4.78 is 9.40. The lowest BCUT2D eigenvalue weighted by atomic mass is 10.9. The highest BCUT2D eigenvalue weighted by molar-refractivity contribution is 7.77. The lowest BCUT2D eigenvalue weighted by Crippen LogP contribution is -2.18. The fraction of sp³-hybridized carbons (Fsp3) is 0.800. The van der Waals surface area contributed by atoms with E-state index < -0.39 is 13.6 Å². The lowest BCUT2D eigenvalue weighted by Gasteiger charge is -2.09. The second kappa shape index (κ2) is 4.62. The smallest absolute Gasteiger partial charge is 0.329 e. The Labute approximate surface area is 66.1 Å². The predicted octanol–water partition coefficient (Wildman–Crippen LogP) is 0.893. The minimum Gasteiger partial charge on any atom is -0.329 e. The van der Waals surface area contributed by atoms with Crippen LogP contribution in [0.1, 0.15) is 13.8 Å². The van der Waals surface area contributed by atoms with Gasteiger partial charge in [0.05, 0.1) is 13.2 Å². The fourth-order valence-corrected chi connectivity index (χ4v) is 1.54. The zero-order valence-corrected chi connectivity index (χ0v) is 7.51. The van der Waals surface area contributed by atoms with Crippen molar-refractivity contribution in [1.82, 2.24) is 0 Å². The molecule has 0 saturated carbocycles. The van der Waals surface area contributed by atoms with Crippen molar-refractivity contribution < 1.29 is 18.7 Å². The van der Waals surface area contributed by atoms with Crippen LogP contribution in [0.25, 0.3) is 0 Å². The molecular formula is C5H13NO4P+. The first-order valence-corrected chi connectivity index (χ1v) is 4.85. The van der Waals surface area contributed by atoms with Gasteiger partial charge in [0.15, 0.2) is 0 Å². The van der Waals surface area contributed by atoms with Crippen molar-refractivity contribution in [2.45, 2.75) is 13.8 Å². The summed E-state index contributed by atoms with van der Waals surface area (Å²) >= 11 is 0. The maximum absolute atomic E-state index is 10.6. The maximum Gasteiger partial charge on any atom is 0.507 e. The zero-order valence-electron chi connectivity index (χ0n) is 6.61. The largest absolute Gasteiger partial charge is 0.507 e. The van der Waals surface area contributed by atoms with Crippen molar-refractivity contribution in [2.75, 3.05) is 13.2 Å². The van der Waals surface area contributed by atoms with Gasteiger partial charge in [0, 0.05) is 0 Å². The molecule has 0 aliphatic rings. The van der Waals surface area contributed by atoms with Crippen LogP contribution in [-0.4, -0.2) is 23.8 Å². The van der Waals surface area contributed by atoms with Crippen molar-refractivity contribution in [2.24, 2.45) is 5.73 Å². The van der Waals surface area contributed by atoms with E-state index in [1.54, 1.807) is 13.8 Å². The van der Waals surface area contributed by atoms with Gasteiger partial charge in [0.1, 0.15) is 0 Å². The third-order valence-corrected chi connectivity index (χ3v) is 2.66. The summed E-state index contributed by atoms with van der Waals surface area (Å²) in [6, 6.07) is 0. The maximum atomic E-state index is 10.6. The Morgan fingerprint density at radius 2 is 1.82 bits per heavy atom. The molecule has 6 heteroatoms. The molecule has 11 heavy (non-hydrogen) atoms. The molecule has 1 amide bonds. The molecule has 0 aromatic carbocycles. The molecule has 3 N–H and O–H groups in total. The van der Waals surface area contributed by atoms with Gasteiger partial charge in [-0.15, -0.1) is 0 Å². The quantitative estimate of drug-likeness (QED) is 0.618. The summed E-state index contributed by atoms with van der Waals surface area (Å²) in [5, 5.41) is 0. The highest BCUT2D eigenvalue weighted by atomic mass is 31.2. The van der Waals surface area contributed by atoms with Crippen LogP contribution in [0.5, 0.6) is 0 Å². The number of carbonyl (C=O) groups excluding carboxylic acids is 1. The van der Waals surface area contributed by atoms with Crippen molar-refractivity contribution in [3.8, 4) is 0 Å². The van der Waals surface area contributed by atoms with Crippen LogP contribution in [0.2, 0.25) is 0 Å². The zero-order chi connectivity index (χ0) is 8.91. The van der Waals surface area contributed by atoms with Gasteiger partial charge in [-0.05, 0) is 13.8 Å². The highest BCUT2D eigenvalue weighted by Crippen LogP contribution is 2.56. The van der Waals surface area contributed by atoms with E-state index in [4.69, 9.17) is 14.8 Å². The molecule has 5 nitrogen and oxygen atoms in total. The second-order valence-corrected chi connectivity index (χ2v) is 3.69. The Kier molecular flexibility index (Phi) is 4.52. The average molecular weight is 182 g/mol. The summed E-state index contributed by atoms with van der Waals surface area (Å²) in [6.07, 6.45) is 0. The van der Waals surface area contributed by atoms with Gasteiger partial charge in [-0.3, -0.25) is 0 Å².